The van der Waals surface area contributed by atoms with Crippen LogP contribution in [0, 0.1) is 0 Å². The summed E-state index contributed by atoms with van der Waals surface area (Å²) in [6.45, 7) is 4.16. The number of aliphatic imine (C=N–C) groups is 1. The van der Waals surface area contributed by atoms with Crippen molar-refractivity contribution in [3.05, 3.63) is 0 Å². The lowest BCUT2D eigenvalue weighted by atomic mass is 10.3. The third kappa shape index (κ3) is 1.08. The van der Waals surface area contributed by atoms with Crippen LogP contribution in [0.15, 0.2) is 4.99 Å². The van der Waals surface area contributed by atoms with Crippen molar-refractivity contribution in [2.75, 3.05) is 13.1 Å². The zero-order chi connectivity index (χ0) is 7.03. The van der Waals surface area contributed by atoms with Gasteiger partial charge in [0, 0.05) is 12.1 Å². The predicted octanol–water partition coefficient (Wildman–Crippen LogP) is 0.0877. The molecule has 0 amide bonds. The van der Waals surface area contributed by atoms with Crippen LogP contribution in [0.4, 0.5) is 0 Å². The molecule has 0 radical (unpaired) electrons. The number of hydrogen-bond donors (Lipinski definition) is 2. The van der Waals surface area contributed by atoms with Gasteiger partial charge in [0.1, 0.15) is 0 Å². The van der Waals surface area contributed by atoms with Gasteiger partial charge in [-0.3, -0.25) is 4.99 Å². The highest BCUT2D eigenvalue weighted by atomic mass is 15.2. The quantitative estimate of drug-likeness (QED) is 0.540. The maximum atomic E-state index is 4.26. The first-order chi connectivity index (χ1) is 4.79. The summed E-state index contributed by atoms with van der Waals surface area (Å²) in [5.41, 5.74) is 0.371. The van der Waals surface area contributed by atoms with Crippen molar-refractivity contribution in [2.24, 2.45) is 4.99 Å². The maximum Gasteiger partial charge on any atom is 0.191 e. The molecule has 56 valence electrons. The normalized spacial score (nSPS) is 27.1. The van der Waals surface area contributed by atoms with Crippen LogP contribution in [-0.2, 0) is 0 Å². The van der Waals surface area contributed by atoms with E-state index in [2.05, 4.69) is 22.5 Å². The number of rotatable bonds is 1. The van der Waals surface area contributed by atoms with Crippen LogP contribution in [0.5, 0.6) is 0 Å². The summed E-state index contributed by atoms with van der Waals surface area (Å²) in [5, 5.41) is 6.56. The average Bonchev–Trinajstić information content (AvgIpc) is 2.47. The van der Waals surface area contributed by atoms with E-state index in [9.17, 15) is 0 Å². The molecule has 0 saturated heterocycles. The van der Waals surface area contributed by atoms with Gasteiger partial charge in [-0.05, 0) is 19.8 Å². The lowest BCUT2D eigenvalue weighted by Crippen LogP contribution is -2.40. The van der Waals surface area contributed by atoms with Crippen molar-refractivity contribution in [3.63, 3.8) is 0 Å². The molecule has 1 aliphatic heterocycles. The van der Waals surface area contributed by atoms with Gasteiger partial charge in [-0.2, -0.15) is 0 Å². The molecule has 1 fully saturated rings. The molecule has 0 spiro atoms. The summed E-state index contributed by atoms with van der Waals surface area (Å²) < 4.78 is 0. The highest BCUT2D eigenvalue weighted by Gasteiger charge is 2.38. The van der Waals surface area contributed by atoms with Gasteiger partial charge >= 0.3 is 0 Å². The zero-order valence-electron chi connectivity index (χ0n) is 6.28. The molecule has 0 bridgehead atoms. The lowest BCUT2D eigenvalue weighted by molar-refractivity contribution is 0.655. The Bertz CT molecular complexity index is 170. The highest BCUT2D eigenvalue weighted by Crippen LogP contribution is 2.34. The summed E-state index contributed by atoms with van der Waals surface area (Å²) in [5.74, 6) is 1.00. The molecule has 2 N–H and O–H groups in total. The van der Waals surface area contributed by atoms with Gasteiger partial charge in [0.25, 0.3) is 0 Å². The topological polar surface area (TPSA) is 36.4 Å². The lowest BCUT2D eigenvalue weighted by Gasteiger charge is -2.11. The van der Waals surface area contributed by atoms with E-state index in [1.165, 1.54) is 12.8 Å². The molecule has 0 atom stereocenters. The van der Waals surface area contributed by atoms with Gasteiger partial charge in [0.15, 0.2) is 5.96 Å². The van der Waals surface area contributed by atoms with Gasteiger partial charge in [0.2, 0.25) is 0 Å². The molecule has 10 heavy (non-hydrogen) atoms. The summed E-state index contributed by atoms with van der Waals surface area (Å²) >= 11 is 0. The van der Waals surface area contributed by atoms with Crippen molar-refractivity contribution < 1.29 is 0 Å². The van der Waals surface area contributed by atoms with E-state index < -0.39 is 0 Å². The Morgan fingerprint density at radius 1 is 1.60 bits per heavy atom. The van der Waals surface area contributed by atoms with Crippen molar-refractivity contribution in [3.8, 4) is 0 Å². The molecule has 0 aromatic rings. The summed E-state index contributed by atoms with van der Waals surface area (Å²) in [4.78, 5) is 4.26. The molecule has 2 aliphatic rings. The fraction of sp³-hybridized carbons (Fsp3) is 0.857. The van der Waals surface area contributed by atoms with E-state index >= 15 is 0 Å². The van der Waals surface area contributed by atoms with E-state index in [1.54, 1.807) is 0 Å². The van der Waals surface area contributed by atoms with Crippen molar-refractivity contribution in [2.45, 2.75) is 25.3 Å². The van der Waals surface area contributed by atoms with Crippen molar-refractivity contribution in [1.82, 2.24) is 10.6 Å². The Labute approximate surface area is 60.9 Å². The molecule has 0 aromatic heterocycles. The van der Waals surface area contributed by atoms with Crippen molar-refractivity contribution in [1.29, 1.82) is 0 Å². The average molecular weight is 139 g/mol. The Morgan fingerprint density at radius 3 is 2.90 bits per heavy atom. The minimum Gasteiger partial charge on any atom is -0.355 e. The van der Waals surface area contributed by atoms with Crippen molar-refractivity contribution >= 4 is 5.96 Å². The van der Waals surface area contributed by atoms with Gasteiger partial charge in [-0.1, -0.05) is 0 Å². The van der Waals surface area contributed by atoms with Gasteiger partial charge in [0.05, 0.1) is 6.54 Å². The molecule has 1 aliphatic carbocycles. The Morgan fingerprint density at radius 2 is 2.40 bits per heavy atom. The number of hydrogen-bond acceptors (Lipinski definition) is 3. The number of nitrogens with one attached hydrogen (secondary N) is 2. The van der Waals surface area contributed by atoms with E-state index in [4.69, 9.17) is 0 Å². The second kappa shape index (κ2) is 1.87. The van der Waals surface area contributed by atoms with Crippen LogP contribution >= 0.6 is 0 Å². The van der Waals surface area contributed by atoms with E-state index in [-0.39, 0.29) is 0 Å². The second-order valence-corrected chi connectivity index (χ2v) is 3.34. The molecular weight excluding hydrogens is 126 g/mol. The van der Waals surface area contributed by atoms with Gasteiger partial charge in [-0.15, -0.1) is 0 Å². The van der Waals surface area contributed by atoms with Gasteiger partial charge < -0.3 is 10.6 Å². The number of nitrogens with zero attached hydrogens (tertiary/aromatic N) is 1. The van der Waals surface area contributed by atoms with Gasteiger partial charge in [-0.25, -0.2) is 0 Å². The molecule has 1 heterocycles. The van der Waals surface area contributed by atoms with E-state index in [0.717, 1.165) is 19.0 Å². The molecule has 2 rings (SSSR count). The minimum atomic E-state index is 0.371. The molecule has 0 aromatic carbocycles. The molecule has 3 nitrogen and oxygen atoms in total. The summed E-state index contributed by atoms with van der Waals surface area (Å²) in [6, 6.07) is 0. The first-order valence-electron chi connectivity index (χ1n) is 3.85. The fourth-order valence-electron chi connectivity index (χ4n) is 1.08. The Balaban J connectivity index is 1.89. The summed E-state index contributed by atoms with van der Waals surface area (Å²) in [7, 11) is 0. The van der Waals surface area contributed by atoms with E-state index in [1.807, 2.05) is 0 Å². The Kier molecular flexibility index (Phi) is 1.13. The third-order valence-electron chi connectivity index (χ3n) is 2.09. The maximum absolute atomic E-state index is 4.26. The van der Waals surface area contributed by atoms with Crippen LogP contribution in [0.2, 0.25) is 0 Å². The largest absolute Gasteiger partial charge is 0.355 e. The number of guanidine groups is 1. The predicted molar refractivity (Wildman–Crippen MR) is 41.1 cm³/mol. The molecular formula is C7H13N3. The standard InChI is InChI=1S/C7H13N3/c1-7(2-3-7)10-6-8-4-5-9-6/h2-5H2,1H3,(H2,8,9,10). The van der Waals surface area contributed by atoms with E-state index in [0.29, 0.717) is 5.54 Å². The first kappa shape index (κ1) is 6.01. The Hall–Kier alpha value is -0.730. The highest BCUT2D eigenvalue weighted by molar-refractivity contribution is 5.82. The fourth-order valence-corrected chi connectivity index (χ4v) is 1.08. The van der Waals surface area contributed by atoms with Crippen LogP contribution < -0.4 is 10.6 Å². The first-order valence-corrected chi connectivity index (χ1v) is 3.85. The molecule has 1 saturated carbocycles. The molecule has 0 unspecified atom stereocenters. The SMILES string of the molecule is CC1(NC2=NCCN2)CC1. The smallest absolute Gasteiger partial charge is 0.191 e. The second-order valence-electron chi connectivity index (χ2n) is 3.34. The molecule has 3 heteroatoms. The zero-order valence-corrected chi connectivity index (χ0v) is 6.28. The van der Waals surface area contributed by atoms with Crippen LogP contribution in [0.1, 0.15) is 19.8 Å². The minimum absolute atomic E-state index is 0.371. The van der Waals surface area contributed by atoms with Crippen LogP contribution in [0.3, 0.4) is 0 Å². The van der Waals surface area contributed by atoms with Crippen LogP contribution in [-0.4, -0.2) is 24.6 Å². The monoisotopic (exact) mass is 139 g/mol. The van der Waals surface area contributed by atoms with Crippen LogP contribution in [0.25, 0.3) is 0 Å². The third-order valence-corrected chi connectivity index (χ3v) is 2.09. The summed E-state index contributed by atoms with van der Waals surface area (Å²) in [6.07, 6.45) is 2.57.